The Kier molecular flexibility index (Phi) is 5.66. The van der Waals surface area contributed by atoms with E-state index < -0.39 is 0 Å². The molecule has 0 saturated carbocycles. The van der Waals surface area contributed by atoms with Crippen molar-refractivity contribution in [1.29, 1.82) is 0 Å². The third kappa shape index (κ3) is 4.14. The SMILES string of the molecule is COc1ccc(SC(C)C(=O)Nc2ncccc2OC)cc1. The fourth-order valence-electron chi connectivity index (χ4n) is 1.78. The lowest BCUT2D eigenvalue weighted by Crippen LogP contribution is -2.23. The van der Waals surface area contributed by atoms with E-state index in [2.05, 4.69) is 10.3 Å². The van der Waals surface area contributed by atoms with Gasteiger partial charge in [-0.15, -0.1) is 11.8 Å². The molecule has 1 aromatic heterocycles. The fourth-order valence-corrected chi connectivity index (χ4v) is 2.65. The van der Waals surface area contributed by atoms with Crippen molar-refractivity contribution in [3.63, 3.8) is 0 Å². The van der Waals surface area contributed by atoms with Crippen LogP contribution < -0.4 is 14.8 Å². The van der Waals surface area contributed by atoms with Gasteiger partial charge in [-0.3, -0.25) is 4.79 Å². The number of aromatic nitrogens is 1. The summed E-state index contributed by atoms with van der Waals surface area (Å²) in [6.07, 6.45) is 1.61. The molecule has 1 atom stereocenters. The number of ether oxygens (including phenoxy) is 2. The molecule has 2 aromatic rings. The smallest absolute Gasteiger partial charge is 0.238 e. The number of nitrogens with zero attached hydrogens (tertiary/aromatic N) is 1. The van der Waals surface area contributed by atoms with Gasteiger partial charge in [0.05, 0.1) is 19.5 Å². The maximum absolute atomic E-state index is 12.3. The monoisotopic (exact) mass is 318 g/mol. The average Bonchev–Trinajstić information content (AvgIpc) is 2.56. The summed E-state index contributed by atoms with van der Waals surface area (Å²) in [6.45, 7) is 1.85. The van der Waals surface area contributed by atoms with Crippen LogP contribution in [0.3, 0.4) is 0 Å². The van der Waals surface area contributed by atoms with Gasteiger partial charge in [-0.25, -0.2) is 4.98 Å². The van der Waals surface area contributed by atoms with Gasteiger partial charge >= 0.3 is 0 Å². The maximum atomic E-state index is 12.3. The van der Waals surface area contributed by atoms with Gasteiger partial charge in [0.15, 0.2) is 11.6 Å². The number of benzene rings is 1. The molecule has 0 bridgehead atoms. The van der Waals surface area contributed by atoms with Crippen LogP contribution in [0.15, 0.2) is 47.5 Å². The van der Waals surface area contributed by atoms with Crippen LogP contribution in [-0.2, 0) is 4.79 Å². The summed E-state index contributed by atoms with van der Waals surface area (Å²) in [4.78, 5) is 17.4. The van der Waals surface area contributed by atoms with Crippen molar-refractivity contribution in [2.75, 3.05) is 19.5 Å². The van der Waals surface area contributed by atoms with Crippen molar-refractivity contribution in [1.82, 2.24) is 4.98 Å². The first-order valence-electron chi connectivity index (χ1n) is 6.74. The molecule has 5 nitrogen and oxygen atoms in total. The summed E-state index contributed by atoms with van der Waals surface area (Å²) in [5, 5.41) is 2.52. The molecule has 1 heterocycles. The molecule has 1 amide bonds. The molecule has 0 aliphatic heterocycles. The van der Waals surface area contributed by atoms with Crippen molar-refractivity contribution < 1.29 is 14.3 Å². The number of pyridine rings is 1. The zero-order valence-corrected chi connectivity index (χ0v) is 13.5. The molecular weight excluding hydrogens is 300 g/mol. The van der Waals surface area contributed by atoms with E-state index in [0.29, 0.717) is 11.6 Å². The van der Waals surface area contributed by atoms with Crippen molar-refractivity contribution in [2.24, 2.45) is 0 Å². The van der Waals surface area contributed by atoms with E-state index in [9.17, 15) is 4.79 Å². The van der Waals surface area contributed by atoms with E-state index in [1.807, 2.05) is 31.2 Å². The highest BCUT2D eigenvalue weighted by molar-refractivity contribution is 8.00. The third-order valence-corrected chi connectivity index (χ3v) is 4.09. The van der Waals surface area contributed by atoms with Crippen molar-refractivity contribution >= 4 is 23.5 Å². The minimum absolute atomic E-state index is 0.127. The second-order valence-corrected chi connectivity index (χ2v) is 5.89. The predicted octanol–water partition coefficient (Wildman–Crippen LogP) is 3.22. The number of thioether (sulfide) groups is 1. The molecule has 1 aromatic carbocycles. The molecule has 6 heteroatoms. The molecule has 0 aliphatic carbocycles. The summed E-state index contributed by atoms with van der Waals surface area (Å²) < 4.78 is 10.3. The highest BCUT2D eigenvalue weighted by Crippen LogP contribution is 2.27. The molecule has 0 radical (unpaired) electrons. The quantitative estimate of drug-likeness (QED) is 0.829. The summed E-state index contributed by atoms with van der Waals surface area (Å²) in [5.41, 5.74) is 0. The molecule has 0 saturated heterocycles. The third-order valence-electron chi connectivity index (χ3n) is 2.97. The van der Waals surface area contributed by atoms with Gasteiger partial charge in [-0.2, -0.15) is 0 Å². The van der Waals surface area contributed by atoms with Gasteiger partial charge in [0.1, 0.15) is 5.75 Å². The molecule has 22 heavy (non-hydrogen) atoms. The minimum atomic E-state index is -0.264. The molecule has 0 aliphatic rings. The number of methoxy groups -OCH3 is 2. The number of nitrogens with one attached hydrogen (secondary N) is 1. The standard InChI is InChI=1S/C16H18N2O3S/c1-11(22-13-8-6-12(20-2)7-9-13)16(19)18-15-14(21-3)5-4-10-17-15/h4-11H,1-3H3,(H,17,18,19). The van der Waals surface area contributed by atoms with Crippen LogP contribution in [0.25, 0.3) is 0 Å². The Morgan fingerprint density at radius 3 is 2.55 bits per heavy atom. The Bertz CT molecular complexity index is 632. The highest BCUT2D eigenvalue weighted by atomic mass is 32.2. The number of hydrogen-bond acceptors (Lipinski definition) is 5. The highest BCUT2D eigenvalue weighted by Gasteiger charge is 2.16. The van der Waals surface area contributed by atoms with E-state index in [0.717, 1.165) is 10.6 Å². The minimum Gasteiger partial charge on any atom is -0.497 e. The van der Waals surface area contributed by atoms with E-state index in [1.54, 1.807) is 32.5 Å². The molecular formula is C16H18N2O3S. The van der Waals surface area contributed by atoms with Gasteiger partial charge in [-0.05, 0) is 43.3 Å². The molecule has 0 fully saturated rings. The Morgan fingerprint density at radius 2 is 1.91 bits per heavy atom. The van der Waals surface area contributed by atoms with E-state index in [4.69, 9.17) is 9.47 Å². The summed E-state index contributed by atoms with van der Waals surface area (Å²) in [6, 6.07) is 11.1. The number of amides is 1. The van der Waals surface area contributed by atoms with Crippen LogP contribution in [-0.4, -0.2) is 30.4 Å². The van der Waals surface area contributed by atoms with Crippen molar-refractivity contribution in [3.05, 3.63) is 42.6 Å². The lowest BCUT2D eigenvalue weighted by Gasteiger charge is -2.13. The van der Waals surface area contributed by atoms with E-state index in [1.165, 1.54) is 11.8 Å². The van der Waals surface area contributed by atoms with Crippen LogP contribution in [0.1, 0.15) is 6.92 Å². The first-order valence-corrected chi connectivity index (χ1v) is 7.62. The van der Waals surface area contributed by atoms with Crippen LogP contribution in [0.2, 0.25) is 0 Å². The maximum Gasteiger partial charge on any atom is 0.238 e. The lowest BCUT2D eigenvalue weighted by atomic mass is 10.3. The molecule has 116 valence electrons. The van der Waals surface area contributed by atoms with Crippen LogP contribution in [0.4, 0.5) is 5.82 Å². The molecule has 2 rings (SSSR count). The first-order chi connectivity index (χ1) is 10.6. The molecule has 1 N–H and O–H groups in total. The Balaban J connectivity index is 1.99. The summed E-state index contributed by atoms with van der Waals surface area (Å²) in [7, 11) is 3.17. The van der Waals surface area contributed by atoms with Gasteiger partial charge in [-0.1, -0.05) is 0 Å². The van der Waals surface area contributed by atoms with Gasteiger partial charge in [0, 0.05) is 11.1 Å². The van der Waals surface area contributed by atoms with E-state index >= 15 is 0 Å². The Labute approximate surface area is 134 Å². The number of hydrogen-bond donors (Lipinski definition) is 1. The van der Waals surface area contributed by atoms with Crippen LogP contribution in [0.5, 0.6) is 11.5 Å². The zero-order chi connectivity index (χ0) is 15.9. The zero-order valence-electron chi connectivity index (χ0n) is 12.7. The topological polar surface area (TPSA) is 60.5 Å². The number of rotatable bonds is 6. The average molecular weight is 318 g/mol. The summed E-state index contributed by atoms with van der Waals surface area (Å²) in [5.74, 6) is 1.63. The van der Waals surface area contributed by atoms with Crippen LogP contribution in [0, 0.1) is 0 Å². The first kappa shape index (κ1) is 16.2. The molecule has 1 unspecified atom stereocenters. The predicted molar refractivity (Wildman–Crippen MR) is 87.7 cm³/mol. The lowest BCUT2D eigenvalue weighted by molar-refractivity contribution is -0.115. The van der Waals surface area contributed by atoms with Gasteiger partial charge in [0.25, 0.3) is 0 Å². The van der Waals surface area contributed by atoms with Gasteiger partial charge in [0.2, 0.25) is 5.91 Å². The largest absolute Gasteiger partial charge is 0.497 e. The second-order valence-electron chi connectivity index (χ2n) is 4.48. The second kappa shape index (κ2) is 7.70. The van der Waals surface area contributed by atoms with Crippen LogP contribution >= 0.6 is 11.8 Å². The molecule has 0 spiro atoms. The fraction of sp³-hybridized carbons (Fsp3) is 0.250. The van der Waals surface area contributed by atoms with Crippen molar-refractivity contribution in [2.45, 2.75) is 17.1 Å². The number of carbonyl (C=O) groups is 1. The van der Waals surface area contributed by atoms with Crippen molar-refractivity contribution in [3.8, 4) is 11.5 Å². The summed E-state index contributed by atoms with van der Waals surface area (Å²) >= 11 is 1.47. The number of carbonyl (C=O) groups excluding carboxylic acids is 1. The Morgan fingerprint density at radius 1 is 1.18 bits per heavy atom. The normalized spacial score (nSPS) is 11.6. The van der Waals surface area contributed by atoms with E-state index in [-0.39, 0.29) is 11.2 Å². The number of anilines is 1. The Hall–Kier alpha value is -2.21. The van der Waals surface area contributed by atoms with Gasteiger partial charge < -0.3 is 14.8 Å².